The van der Waals surface area contributed by atoms with Crippen LogP contribution >= 0.6 is 15.9 Å². The molecule has 2 unspecified atom stereocenters. The standard InChI is InChI=1S/C24H28BrFN2O4S/c1-4-11-23(2,3)32-22(29)28-13-12-24(33(30,31)19-8-6-18(26)7-9-19)20(28)10-5-16-14-17(25)15-27-21(16)24/h6-9,14-15,20H,4-5,10-13H2,1-3H3. The molecule has 2 aromatic rings. The average molecular weight is 539 g/mol. The summed E-state index contributed by atoms with van der Waals surface area (Å²) in [6, 6.07) is 6.13. The van der Waals surface area contributed by atoms with Gasteiger partial charge < -0.3 is 9.64 Å². The molecule has 2 aliphatic rings. The minimum absolute atomic E-state index is 0.0213. The Kier molecular flexibility index (Phi) is 6.33. The summed E-state index contributed by atoms with van der Waals surface area (Å²) < 4.78 is 47.0. The summed E-state index contributed by atoms with van der Waals surface area (Å²) in [5, 5.41) is 0. The zero-order valence-corrected chi connectivity index (χ0v) is 21.4. The van der Waals surface area contributed by atoms with Gasteiger partial charge >= 0.3 is 6.09 Å². The van der Waals surface area contributed by atoms with Crippen LogP contribution in [0.25, 0.3) is 0 Å². The van der Waals surface area contributed by atoms with Gasteiger partial charge in [0, 0.05) is 17.2 Å². The minimum atomic E-state index is -4.02. The largest absolute Gasteiger partial charge is 0.443 e. The van der Waals surface area contributed by atoms with E-state index in [2.05, 4.69) is 20.9 Å². The predicted molar refractivity (Wildman–Crippen MR) is 126 cm³/mol. The Bertz CT molecular complexity index is 1170. The van der Waals surface area contributed by atoms with Gasteiger partial charge in [-0.2, -0.15) is 0 Å². The molecule has 2 heterocycles. The number of ether oxygens (including phenoxy) is 1. The molecule has 1 aliphatic carbocycles. The topological polar surface area (TPSA) is 76.6 Å². The highest BCUT2D eigenvalue weighted by Crippen LogP contribution is 2.52. The van der Waals surface area contributed by atoms with E-state index in [0.29, 0.717) is 25.0 Å². The molecule has 9 heteroatoms. The van der Waals surface area contributed by atoms with E-state index in [1.54, 1.807) is 11.1 Å². The van der Waals surface area contributed by atoms with Gasteiger partial charge in [-0.05, 0) is 91.4 Å². The fourth-order valence-electron chi connectivity index (χ4n) is 5.30. The summed E-state index contributed by atoms with van der Waals surface area (Å²) in [5.41, 5.74) is 0.657. The third-order valence-electron chi connectivity index (χ3n) is 6.71. The molecule has 0 saturated carbocycles. The number of hydrogen-bond donors (Lipinski definition) is 0. The molecular weight excluding hydrogens is 511 g/mol. The summed E-state index contributed by atoms with van der Waals surface area (Å²) in [6.45, 7) is 5.99. The first-order valence-corrected chi connectivity index (χ1v) is 13.4. The van der Waals surface area contributed by atoms with Gasteiger partial charge in [-0.1, -0.05) is 13.3 Å². The van der Waals surface area contributed by atoms with Crippen LogP contribution in [0.3, 0.4) is 0 Å². The molecule has 1 aromatic carbocycles. The summed E-state index contributed by atoms with van der Waals surface area (Å²) in [7, 11) is -4.02. The second-order valence-electron chi connectivity index (χ2n) is 9.38. The molecule has 1 fully saturated rings. The summed E-state index contributed by atoms with van der Waals surface area (Å²) in [6.07, 6.45) is 3.91. The van der Waals surface area contributed by atoms with Gasteiger partial charge in [-0.15, -0.1) is 0 Å². The molecule has 1 aliphatic heterocycles. The van der Waals surface area contributed by atoms with E-state index in [0.717, 1.165) is 28.6 Å². The Morgan fingerprint density at radius 3 is 2.70 bits per heavy atom. The lowest BCUT2D eigenvalue weighted by atomic mass is 9.82. The van der Waals surface area contributed by atoms with E-state index in [1.165, 1.54) is 12.1 Å². The van der Waals surface area contributed by atoms with Gasteiger partial charge in [0.1, 0.15) is 16.2 Å². The van der Waals surface area contributed by atoms with Crippen molar-refractivity contribution in [3.8, 4) is 0 Å². The van der Waals surface area contributed by atoms with Gasteiger partial charge in [0.25, 0.3) is 0 Å². The highest BCUT2D eigenvalue weighted by molar-refractivity contribution is 9.10. The monoisotopic (exact) mass is 538 g/mol. The molecule has 33 heavy (non-hydrogen) atoms. The highest BCUT2D eigenvalue weighted by atomic mass is 79.9. The first-order chi connectivity index (χ1) is 15.5. The van der Waals surface area contributed by atoms with Crippen molar-refractivity contribution in [1.82, 2.24) is 9.88 Å². The van der Waals surface area contributed by atoms with Crippen LogP contribution in [-0.2, 0) is 25.7 Å². The molecule has 0 bridgehead atoms. The number of aryl methyl sites for hydroxylation is 1. The zero-order chi connectivity index (χ0) is 24.0. The number of halogens is 2. The number of hydrogen-bond acceptors (Lipinski definition) is 5. The number of rotatable bonds is 5. The molecule has 0 radical (unpaired) electrons. The van der Waals surface area contributed by atoms with E-state index >= 15 is 0 Å². The molecule has 4 rings (SSSR count). The van der Waals surface area contributed by atoms with Crippen molar-refractivity contribution in [3.05, 3.63) is 58.1 Å². The van der Waals surface area contributed by atoms with Crippen LogP contribution < -0.4 is 0 Å². The van der Waals surface area contributed by atoms with Crippen molar-refractivity contribution in [2.45, 2.75) is 74.2 Å². The van der Waals surface area contributed by atoms with E-state index in [1.807, 2.05) is 26.8 Å². The molecule has 2 atom stereocenters. The third kappa shape index (κ3) is 4.07. The van der Waals surface area contributed by atoms with Crippen molar-refractivity contribution < 1.29 is 22.3 Å². The summed E-state index contributed by atoms with van der Waals surface area (Å²) in [5.74, 6) is -0.510. The van der Waals surface area contributed by atoms with E-state index in [4.69, 9.17) is 4.74 Å². The maximum absolute atomic E-state index is 14.2. The van der Waals surface area contributed by atoms with Crippen LogP contribution in [0, 0.1) is 5.82 Å². The lowest BCUT2D eigenvalue weighted by Gasteiger charge is -2.41. The van der Waals surface area contributed by atoms with Gasteiger partial charge in [-0.3, -0.25) is 4.98 Å². The quantitative estimate of drug-likeness (QED) is 0.477. The number of carbonyl (C=O) groups excluding carboxylic acids is 1. The van der Waals surface area contributed by atoms with E-state index in [-0.39, 0.29) is 17.9 Å². The van der Waals surface area contributed by atoms with Gasteiger partial charge in [0.2, 0.25) is 0 Å². The Hall–Kier alpha value is -2.00. The number of amides is 1. The molecule has 1 amide bonds. The molecule has 0 spiro atoms. The predicted octanol–water partition coefficient (Wildman–Crippen LogP) is 5.39. The number of aromatic nitrogens is 1. The van der Waals surface area contributed by atoms with Crippen molar-refractivity contribution in [2.24, 2.45) is 0 Å². The van der Waals surface area contributed by atoms with Crippen LogP contribution in [0.15, 0.2) is 45.9 Å². The number of nitrogens with zero attached hydrogens (tertiary/aromatic N) is 2. The Morgan fingerprint density at radius 1 is 1.33 bits per heavy atom. The van der Waals surface area contributed by atoms with Crippen LogP contribution in [0.1, 0.15) is 57.7 Å². The van der Waals surface area contributed by atoms with Crippen LogP contribution in [0.2, 0.25) is 0 Å². The summed E-state index contributed by atoms with van der Waals surface area (Å²) >= 11 is 3.43. The van der Waals surface area contributed by atoms with Crippen molar-refractivity contribution in [1.29, 1.82) is 0 Å². The Morgan fingerprint density at radius 2 is 2.03 bits per heavy atom. The third-order valence-corrected chi connectivity index (χ3v) is 9.67. The average Bonchev–Trinajstić information content (AvgIpc) is 3.15. The van der Waals surface area contributed by atoms with E-state index < -0.39 is 38.1 Å². The van der Waals surface area contributed by atoms with Crippen molar-refractivity contribution in [2.75, 3.05) is 6.54 Å². The SMILES string of the molecule is CCCC(C)(C)OC(=O)N1CCC2(S(=O)(=O)c3ccc(F)cc3)c3ncc(Br)cc3CCC12. The number of benzene rings is 1. The maximum atomic E-state index is 14.2. The lowest BCUT2D eigenvalue weighted by molar-refractivity contribution is 0.00403. The minimum Gasteiger partial charge on any atom is -0.443 e. The first-order valence-electron chi connectivity index (χ1n) is 11.2. The van der Waals surface area contributed by atoms with Gasteiger partial charge in [-0.25, -0.2) is 17.6 Å². The molecule has 1 saturated heterocycles. The van der Waals surface area contributed by atoms with Gasteiger partial charge in [0.15, 0.2) is 9.84 Å². The zero-order valence-electron chi connectivity index (χ0n) is 19.0. The molecular formula is C24H28BrFN2O4S. The number of fused-ring (bicyclic) bond motifs is 3. The van der Waals surface area contributed by atoms with Crippen LogP contribution in [0.5, 0.6) is 0 Å². The lowest BCUT2D eigenvalue weighted by Crippen LogP contribution is -2.53. The Balaban J connectivity index is 1.82. The first kappa shape index (κ1) is 24.1. The molecule has 6 nitrogen and oxygen atoms in total. The number of pyridine rings is 1. The smallest absolute Gasteiger partial charge is 0.410 e. The molecule has 178 valence electrons. The summed E-state index contributed by atoms with van der Waals surface area (Å²) in [4.78, 5) is 19.4. The molecule has 1 aromatic heterocycles. The molecule has 0 N–H and O–H groups in total. The van der Waals surface area contributed by atoms with E-state index in [9.17, 15) is 17.6 Å². The van der Waals surface area contributed by atoms with Crippen LogP contribution in [0.4, 0.5) is 9.18 Å². The number of likely N-dealkylation sites (tertiary alicyclic amines) is 1. The Labute approximate surface area is 202 Å². The van der Waals surface area contributed by atoms with Crippen molar-refractivity contribution in [3.63, 3.8) is 0 Å². The second kappa shape index (κ2) is 8.65. The highest BCUT2D eigenvalue weighted by Gasteiger charge is 2.62. The number of carbonyl (C=O) groups is 1. The fourth-order valence-corrected chi connectivity index (χ4v) is 8.00. The van der Waals surface area contributed by atoms with Crippen LogP contribution in [-0.4, -0.2) is 42.6 Å². The fraction of sp³-hybridized carbons (Fsp3) is 0.500. The normalized spacial score (nSPS) is 22.6. The van der Waals surface area contributed by atoms with Crippen molar-refractivity contribution >= 4 is 31.9 Å². The number of sulfone groups is 1. The second-order valence-corrected chi connectivity index (χ2v) is 12.5. The van der Waals surface area contributed by atoms with Gasteiger partial charge in [0.05, 0.1) is 16.6 Å². The maximum Gasteiger partial charge on any atom is 0.410 e.